The molecule has 1 aliphatic carbocycles. The Morgan fingerprint density at radius 3 is 2.79 bits per heavy atom. The minimum atomic E-state index is -0.0981. The first kappa shape index (κ1) is 23.0. The Balaban J connectivity index is 1.40. The van der Waals surface area contributed by atoms with Crippen LogP contribution in [-0.4, -0.2) is 43.6 Å². The van der Waals surface area contributed by atoms with Crippen molar-refractivity contribution in [3.8, 4) is 34.4 Å². The first-order valence-corrected chi connectivity index (χ1v) is 12.2. The van der Waals surface area contributed by atoms with Gasteiger partial charge in [-0.1, -0.05) is 24.3 Å². The number of aliphatic hydroxyl groups excluding tert-OH is 1. The third-order valence-electron chi connectivity index (χ3n) is 6.10. The van der Waals surface area contributed by atoms with E-state index in [-0.39, 0.29) is 12.7 Å². The van der Waals surface area contributed by atoms with Crippen LogP contribution in [0.15, 0.2) is 46.9 Å². The number of benzene rings is 2. The van der Waals surface area contributed by atoms with Gasteiger partial charge in [-0.25, -0.2) is 0 Å². The van der Waals surface area contributed by atoms with Crippen LogP contribution in [0, 0.1) is 0 Å². The molecule has 3 aromatic rings. The van der Waals surface area contributed by atoms with Gasteiger partial charge in [0.1, 0.15) is 19.3 Å². The topological polar surface area (TPSA) is 82.1 Å². The summed E-state index contributed by atoms with van der Waals surface area (Å²) in [6.07, 6.45) is 1.69. The lowest BCUT2D eigenvalue weighted by Crippen LogP contribution is -2.18. The predicted octanol–water partition coefficient (Wildman–Crippen LogP) is 4.44. The number of nitrogens with one attached hydrogen (secondary N) is 1. The highest BCUT2D eigenvalue weighted by Crippen LogP contribution is 2.43. The van der Waals surface area contributed by atoms with Gasteiger partial charge in [0.2, 0.25) is 11.8 Å². The van der Waals surface area contributed by atoms with Crippen LogP contribution < -0.4 is 24.3 Å². The molecule has 0 radical (unpaired) electrons. The average molecular weight is 527 g/mol. The zero-order chi connectivity index (χ0) is 23.5. The van der Waals surface area contributed by atoms with Crippen LogP contribution in [0.25, 0.3) is 11.1 Å². The second-order valence-corrected chi connectivity index (χ2v) is 9.08. The number of methoxy groups -OCH3 is 1. The molecule has 0 unspecified atom stereocenters. The third-order valence-corrected chi connectivity index (χ3v) is 6.67. The third kappa shape index (κ3) is 4.58. The molecule has 0 amide bonds. The molecule has 2 N–H and O–H groups in total. The fourth-order valence-corrected chi connectivity index (χ4v) is 5.00. The second-order valence-electron chi connectivity index (χ2n) is 8.22. The van der Waals surface area contributed by atoms with E-state index in [4.69, 9.17) is 24.1 Å². The number of aromatic nitrogens is 1. The first-order valence-electron chi connectivity index (χ1n) is 11.4. The summed E-state index contributed by atoms with van der Waals surface area (Å²) in [4.78, 5) is 4.61. The van der Waals surface area contributed by atoms with E-state index in [9.17, 15) is 0 Å². The highest BCUT2D eigenvalue weighted by Gasteiger charge is 2.28. The second kappa shape index (κ2) is 10.2. The maximum atomic E-state index is 9.00. The highest BCUT2D eigenvalue weighted by molar-refractivity contribution is 9.10. The van der Waals surface area contributed by atoms with Crippen LogP contribution in [0.1, 0.15) is 29.2 Å². The summed E-state index contributed by atoms with van der Waals surface area (Å²) in [6.45, 7) is 2.28. The number of hydrogen-bond acceptors (Lipinski definition) is 7. The Bertz CT molecular complexity index is 1190. The van der Waals surface area contributed by atoms with Gasteiger partial charge in [-0.15, -0.1) is 0 Å². The van der Waals surface area contributed by atoms with Gasteiger partial charge in [0.25, 0.3) is 0 Å². The van der Waals surface area contributed by atoms with Gasteiger partial charge in [0.05, 0.1) is 18.2 Å². The molecule has 2 aromatic carbocycles. The van der Waals surface area contributed by atoms with Crippen LogP contribution in [0.4, 0.5) is 0 Å². The number of pyridine rings is 1. The van der Waals surface area contributed by atoms with Crippen molar-refractivity contribution in [3.05, 3.63) is 63.6 Å². The van der Waals surface area contributed by atoms with Crippen molar-refractivity contribution in [2.45, 2.75) is 25.5 Å². The van der Waals surface area contributed by atoms with E-state index >= 15 is 0 Å². The van der Waals surface area contributed by atoms with Crippen molar-refractivity contribution < 1.29 is 24.1 Å². The normalized spacial score (nSPS) is 16.3. The van der Waals surface area contributed by atoms with Crippen molar-refractivity contribution in [1.82, 2.24) is 10.3 Å². The van der Waals surface area contributed by atoms with Gasteiger partial charge in [0.15, 0.2) is 11.5 Å². The minimum absolute atomic E-state index is 0.0768. The van der Waals surface area contributed by atoms with Crippen LogP contribution in [0.2, 0.25) is 0 Å². The Morgan fingerprint density at radius 1 is 1.12 bits per heavy atom. The summed E-state index contributed by atoms with van der Waals surface area (Å²) >= 11 is 3.61. The van der Waals surface area contributed by atoms with Gasteiger partial charge in [0, 0.05) is 18.7 Å². The standard InChI is InChI=1S/C26H27BrN2O5/c1-31-25-17(15-28-9-10-30)13-21(27)26(29-25)34-22-8-6-19-18(3-2-4-20(19)22)16-5-7-23-24(14-16)33-12-11-32-23/h2-5,7,13-14,22,28,30H,6,8-12,15H2,1H3/t22-/m0/s1. The first-order chi connectivity index (χ1) is 16.7. The average Bonchev–Trinajstić information content (AvgIpc) is 3.28. The summed E-state index contributed by atoms with van der Waals surface area (Å²) in [5.41, 5.74) is 5.66. The molecule has 0 saturated carbocycles. The molecule has 34 heavy (non-hydrogen) atoms. The van der Waals surface area contributed by atoms with Crippen molar-refractivity contribution in [2.24, 2.45) is 0 Å². The number of nitrogens with zero attached hydrogens (tertiary/aromatic N) is 1. The number of fused-ring (bicyclic) bond motifs is 2. The molecule has 178 valence electrons. The van der Waals surface area contributed by atoms with Crippen LogP contribution in [-0.2, 0) is 13.0 Å². The molecule has 1 atom stereocenters. The number of rotatable bonds is 8. The molecule has 1 aliphatic heterocycles. The van der Waals surface area contributed by atoms with Gasteiger partial charge in [-0.3, -0.25) is 0 Å². The van der Waals surface area contributed by atoms with E-state index in [1.54, 1.807) is 7.11 Å². The monoisotopic (exact) mass is 526 g/mol. The van der Waals surface area contributed by atoms with Crippen molar-refractivity contribution in [3.63, 3.8) is 0 Å². The van der Waals surface area contributed by atoms with E-state index in [2.05, 4.69) is 56.6 Å². The van der Waals surface area contributed by atoms with Gasteiger partial charge >= 0.3 is 0 Å². The van der Waals surface area contributed by atoms with E-state index in [0.717, 1.165) is 39.9 Å². The van der Waals surface area contributed by atoms with Gasteiger partial charge in [-0.2, -0.15) is 4.98 Å². The smallest absolute Gasteiger partial charge is 0.231 e. The Kier molecular flexibility index (Phi) is 6.89. The molecule has 1 aromatic heterocycles. The van der Waals surface area contributed by atoms with Crippen LogP contribution in [0.3, 0.4) is 0 Å². The summed E-state index contributed by atoms with van der Waals surface area (Å²) < 4.78 is 24.1. The predicted molar refractivity (Wildman–Crippen MR) is 132 cm³/mol. The molecule has 0 spiro atoms. The SMILES string of the molecule is COc1nc(O[C@H]2CCc3c(-c4ccc5c(c4)OCCO5)cccc32)c(Br)cc1CNCCO. The number of aliphatic hydroxyl groups is 1. The van der Waals surface area contributed by atoms with Crippen molar-refractivity contribution >= 4 is 15.9 Å². The molecule has 5 rings (SSSR count). The highest BCUT2D eigenvalue weighted by atomic mass is 79.9. The van der Waals surface area contributed by atoms with Crippen molar-refractivity contribution in [1.29, 1.82) is 0 Å². The van der Waals surface area contributed by atoms with Crippen molar-refractivity contribution in [2.75, 3.05) is 33.5 Å². The van der Waals surface area contributed by atoms with Gasteiger partial charge < -0.3 is 29.4 Å². The maximum Gasteiger partial charge on any atom is 0.231 e. The Hall–Kier alpha value is -2.81. The van der Waals surface area contributed by atoms with E-state index in [0.29, 0.717) is 38.1 Å². The minimum Gasteiger partial charge on any atom is -0.486 e. The zero-order valence-corrected chi connectivity index (χ0v) is 20.6. The number of ether oxygens (including phenoxy) is 4. The molecule has 0 saturated heterocycles. The molecule has 2 aliphatic rings. The molecule has 2 heterocycles. The zero-order valence-electron chi connectivity index (χ0n) is 19.0. The number of hydrogen-bond donors (Lipinski definition) is 2. The lowest BCUT2D eigenvalue weighted by Gasteiger charge is -2.20. The number of halogens is 1. The summed E-state index contributed by atoms with van der Waals surface area (Å²) in [5.74, 6) is 2.60. The maximum absolute atomic E-state index is 9.00. The van der Waals surface area contributed by atoms with E-state index in [1.807, 2.05) is 12.1 Å². The van der Waals surface area contributed by atoms with Crippen LogP contribution >= 0.6 is 15.9 Å². The fraction of sp³-hybridized carbons (Fsp3) is 0.346. The van der Waals surface area contributed by atoms with Gasteiger partial charge in [-0.05, 0) is 69.2 Å². The summed E-state index contributed by atoms with van der Waals surface area (Å²) in [6, 6.07) is 14.4. The molecule has 0 fully saturated rings. The lowest BCUT2D eigenvalue weighted by atomic mass is 9.96. The molecule has 7 nitrogen and oxygen atoms in total. The van der Waals surface area contributed by atoms with E-state index in [1.165, 1.54) is 16.7 Å². The summed E-state index contributed by atoms with van der Waals surface area (Å²) in [5, 5.41) is 12.2. The molecular weight excluding hydrogens is 500 g/mol. The Labute approximate surface area is 207 Å². The van der Waals surface area contributed by atoms with E-state index < -0.39 is 0 Å². The summed E-state index contributed by atoms with van der Waals surface area (Å²) in [7, 11) is 1.60. The molecule has 0 bridgehead atoms. The lowest BCUT2D eigenvalue weighted by molar-refractivity contribution is 0.171. The quantitative estimate of drug-likeness (QED) is 0.420. The largest absolute Gasteiger partial charge is 0.486 e. The molecule has 8 heteroatoms. The van der Waals surface area contributed by atoms with Crippen LogP contribution in [0.5, 0.6) is 23.3 Å². The fourth-order valence-electron chi connectivity index (χ4n) is 4.54. The molecular formula is C26H27BrN2O5. The Morgan fingerprint density at radius 2 is 1.97 bits per heavy atom.